The number of benzene rings is 1. The van der Waals surface area contributed by atoms with Crippen LogP contribution in [-0.4, -0.2) is 73.1 Å². The number of nitrogens with zero attached hydrogens (tertiary/aromatic N) is 2. The highest BCUT2D eigenvalue weighted by atomic mass is 32.2. The molecule has 1 aromatic carbocycles. The number of likely N-dealkylation sites (tertiary alicyclic amines) is 1. The van der Waals surface area contributed by atoms with Crippen molar-refractivity contribution >= 4 is 21.5 Å². The van der Waals surface area contributed by atoms with Crippen LogP contribution < -0.4 is 0 Å². The maximum Gasteiger partial charge on any atom is 0.237 e. The summed E-state index contributed by atoms with van der Waals surface area (Å²) in [5.74, 6) is 0.594. The average Bonchev–Trinajstić information content (AvgIpc) is 3.39. The van der Waals surface area contributed by atoms with Crippen LogP contribution in [0.3, 0.4) is 0 Å². The minimum Gasteiger partial charge on any atom is -0.335 e. The van der Waals surface area contributed by atoms with Gasteiger partial charge in [-0.05, 0) is 45.2 Å². The molecule has 4 rings (SSSR count). The molecule has 3 fully saturated rings. The van der Waals surface area contributed by atoms with Crippen LogP contribution in [0.1, 0.15) is 55.3 Å². The molecule has 2 heterocycles. The standard InChI is InChI=1S/C23H32N2O4S/c26-22(25(20-8-4-5-9-20)21-12-15-30(28,29)17-21)16-24-13-10-19(11-14-24)23(27)18-6-2-1-3-7-18/h1-3,6-7,19-21H,4-5,8-17H2. The monoisotopic (exact) mass is 432 g/mol. The second-order valence-corrected chi connectivity index (χ2v) is 11.3. The summed E-state index contributed by atoms with van der Waals surface area (Å²) in [4.78, 5) is 30.0. The molecule has 1 aromatic rings. The molecule has 164 valence electrons. The van der Waals surface area contributed by atoms with Crippen molar-refractivity contribution in [2.75, 3.05) is 31.1 Å². The van der Waals surface area contributed by atoms with Gasteiger partial charge in [0.1, 0.15) is 0 Å². The zero-order chi connectivity index (χ0) is 21.1. The Morgan fingerprint density at radius 2 is 1.60 bits per heavy atom. The Bertz CT molecular complexity index is 856. The first-order valence-corrected chi connectivity index (χ1v) is 13.1. The highest BCUT2D eigenvalue weighted by molar-refractivity contribution is 7.91. The zero-order valence-corrected chi connectivity index (χ0v) is 18.4. The summed E-state index contributed by atoms with van der Waals surface area (Å²) in [5, 5.41) is 0. The molecule has 1 saturated carbocycles. The molecular formula is C23H32N2O4S. The van der Waals surface area contributed by atoms with Crippen molar-refractivity contribution in [2.24, 2.45) is 5.92 Å². The Hall–Kier alpha value is -1.73. The highest BCUT2D eigenvalue weighted by Gasteiger charge is 2.39. The minimum atomic E-state index is -3.02. The van der Waals surface area contributed by atoms with Crippen molar-refractivity contribution < 1.29 is 18.0 Å². The Kier molecular flexibility index (Phi) is 6.58. The van der Waals surface area contributed by atoms with Gasteiger partial charge in [0.2, 0.25) is 5.91 Å². The lowest BCUT2D eigenvalue weighted by atomic mass is 9.89. The van der Waals surface area contributed by atoms with E-state index in [4.69, 9.17) is 0 Å². The summed E-state index contributed by atoms with van der Waals surface area (Å²) in [6.45, 7) is 1.80. The van der Waals surface area contributed by atoms with E-state index < -0.39 is 9.84 Å². The van der Waals surface area contributed by atoms with Crippen molar-refractivity contribution in [1.82, 2.24) is 9.80 Å². The molecule has 0 N–H and O–H groups in total. The summed E-state index contributed by atoms with van der Waals surface area (Å²) in [5.41, 5.74) is 0.766. The van der Waals surface area contributed by atoms with Gasteiger partial charge in [0, 0.05) is 23.6 Å². The first kappa shape index (κ1) is 21.5. The van der Waals surface area contributed by atoms with Crippen LogP contribution in [0.2, 0.25) is 0 Å². The predicted octanol–water partition coefficient (Wildman–Crippen LogP) is 2.54. The third-order valence-electron chi connectivity index (χ3n) is 6.98. The number of sulfone groups is 1. The SMILES string of the molecule is O=C(c1ccccc1)C1CCN(CC(=O)N(C2CCCC2)C2CCS(=O)(=O)C2)CC1. The van der Waals surface area contributed by atoms with E-state index in [1.807, 2.05) is 35.2 Å². The minimum absolute atomic E-state index is 0.0182. The van der Waals surface area contributed by atoms with E-state index in [9.17, 15) is 18.0 Å². The second-order valence-electron chi connectivity index (χ2n) is 9.08. The van der Waals surface area contributed by atoms with Crippen molar-refractivity contribution in [2.45, 2.75) is 57.0 Å². The van der Waals surface area contributed by atoms with Gasteiger partial charge in [-0.3, -0.25) is 14.5 Å². The van der Waals surface area contributed by atoms with E-state index >= 15 is 0 Å². The molecule has 3 aliphatic rings. The Balaban J connectivity index is 1.35. The number of carbonyl (C=O) groups excluding carboxylic acids is 2. The Labute approximate surface area is 179 Å². The number of amides is 1. The van der Waals surface area contributed by atoms with Gasteiger partial charge in [0.05, 0.1) is 18.1 Å². The quantitative estimate of drug-likeness (QED) is 0.646. The zero-order valence-electron chi connectivity index (χ0n) is 17.5. The predicted molar refractivity (Wildman–Crippen MR) is 116 cm³/mol. The summed E-state index contributed by atoms with van der Waals surface area (Å²) in [6.07, 6.45) is 6.29. The number of hydrogen-bond acceptors (Lipinski definition) is 5. The molecule has 0 spiro atoms. The Morgan fingerprint density at radius 1 is 0.933 bits per heavy atom. The van der Waals surface area contributed by atoms with E-state index in [2.05, 4.69) is 4.90 Å². The molecule has 1 atom stereocenters. The maximum atomic E-state index is 13.3. The van der Waals surface area contributed by atoms with Crippen LogP contribution in [0, 0.1) is 5.92 Å². The van der Waals surface area contributed by atoms with E-state index in [0.717, 1.165) is 57.2 Å². The second kappa shape index (κ2) is 9.18. The first-order chi connectivity index (χ1) is 14.4. The molecule has 0 bridgehead atoms. The van der Waals surface area contributed by atoms with Gasteiger partial charge in [-0.1, -0.05) is 43.2 Å². The molecule has 30 heavy (non-hydrogen) atoms. The molecule has 2 saturated heterocycles. The number of piperidine rings is 1. The van der Waals surface area contributed by atoms with Gasteiger partial charge < -0.3 is 4.90 Å². The number of rotatable bonds is 6. The van der Waals surface area contributed by atoms with Gasteiger partial charge >= 0.3 is 0 Å². The number of ketones is 1. The lowest BCUT2D eigenvalue weighted by Crippen LogP contribution is -2.51. The van der Waals surface area contributed by atoms with Crippen LogP contribution in [0.4, 0.5) is 0 Å². The fraction of sp³-hybridized carbons (Fsp3) is 0.652. The molecule has 0 radical (unpaired) electrons. The van der Waals surface area contributed by atoms with Crippen molar-refractivity contribution in [1.29, 1.82) is 0 Å². The summed E-state index contributed by atoms with van der Waals surface area (Å²) < 4.78 is 24.0. The maximum absolute atomic E-state index is 13.3. The van der Waals surface area contributed by atoms with Gasteiger partial charge in [0.25, 0.3) is 0 Å². The van der Waals surface area contributed by atoms with Crippen LogP contribution in [-0.2, 0) is 14.6 Å². The molecule has 6 nitrogen and oxygen atoms in total. The first-order valence-electron chi connectivity index (χ1n) is 11.3. The fourth-order valence-corrected chi connectivity index (χ4v) is 7.06. The van der Waals surface area contributed by atoms with Crippen LogP contribution in [0.25, 0.3) is 0 Å². The largest absolute Gasteiger partial charge is 0.335 e. The van der Waals surface area contributed by atoms with E-state index in [0.29, 0.717) is 13.0 Å². The van der Waals surface area contributed by atoms with Crippen molar-refractivity contribution in [3.05, 3.63) is 35.9 Å². The lowest BCUT2D eigenvalue weighted by Gasteiger charge is -2.37. The fourth-order valence-electron chi connectivity index (χ4n) is 5.35. The topological polar surface area (TPSA) is 74.8 Å². The summed E-state index contributed by atoms with van der Waals surface area (Å²) in [6, 6.07) is 9.46. The van der Waals surface area contributed by atoms with Gasteiger partial charge in [-0.2, -0.15) is 0 Å². The normalized spacial score (nSPS) is 25.4. The van der Waals surface area contributed by atoms with E-state index in [1.54, 1.807) is 0 Å². The molecule has 2 aliphatic heterocycles. The lowest BCUT2D eigenvalue weighted by molar-refractivity contribution is -0.137. The number of Topliss-reactive ketones (excluding diaryl/α,β-unsaturated/α-hetero) is 1. The number of carbonyl (C=O) groups is 2. The van der Waals surface area contributed by atoms with Gasteiger partial charge in [-0.25, -0.2) is 8.42 Å². The molecule has 7 heteroatoms. The third kappa shape index (κ3) is 4.94. The molecule has 0 aromatic heterocycles. The molecule has 1 aliphatic carbocycles. The number of hydrogen-bond donors (Lipinski definition) is 0. The summed E-state index contributed by atoms with van der Waals surface area (Å²) in [7, 11) is -3.02. The molecule has 1 unspecified atom stereocenters. The smallest absolute Gasteiger partial charge is 0.237 e. The average molecular weight is 433 g/mol. The van der Waals surface area contributed by atoms with Gasteiger partial charge in [-0.15, -0.1) is 0 Å². The van der Waals surface area contributed by atoms with Crippen molar-refractivity contribution in [3.63, 3.8) is 0 Å². The van der Waals surface area contributed by atoms with Crippen LogP contribution in [0.15, 0.2) is 30.3 Å². The van der Waals surface area contributed by atoms with Crippen LogP contribution in [0.5, 0.6) is 0 Å². The Morgan fingerprint density at radius 3 is 2.20 bits per heavy atom. The van der Waals surface area contributed by atoms with E-state index in [1.165, 1.54) is 0 Å². The van der Waals surface area contributed by atoms with E-state index in [-0.39, 0.29) is 41.2 Å². The van der Waals surface area contributed by atoms with Crippen LogP contribution >= 0.6 is 0 Å². The molecular weight excluding hydrogens is 400 g/mol. The third-order valence-corrected chi connectivity index (χ3v) is 8.73. The highest BCUT2D eigenvalue weighted by Crippen LogP contribution is 2.30. The summed E-state index contributed by atoms with van der Waals surface area (Å²) >= 11 is 0. The van der Waals surface area contributed by atoms with Crippen molar-refractivity contribution in [3.8, 4) is 0 Å². The molecule has 1 amide bonds. The van der Waals surface area contributed by atoms with Gasteiger partial charge in [0.15, 0.2) is 15.6 Å².